The summed E-state index contributed by atoms with van der Waals surface area (Å²) in [5, 5.41) is 1.95. The SMILES string of the molecule is Cc1cnc2c(c1)SC=C=C2. The maximum Gasteiger partial charge on any atom is 0.0846 e. The molecule has 0 fully saturated rings. The maximum absolute atomic E-state index is 4.26. The summed E-state index contributed by atoms with van der Waals surface area (Å²) in [5.74, 6) is 0. The second kappa shape index (κ2) is 2.57. The minimum absolute atomic E-state index is 1.03. The predicted molar refractivity (Wildman–Crippen MR) is 47.4 cm³/mol. The quantitative estimate of drug-likeness (QED) is 0.542. The van der Waals surface area contributed by atoms with Crippen molar-refractivity contribution >= 4 is 17.8 Å². The molecule has 0 bridgehead atoms. The van der Waals surface area contributed by atoms with Crippen molar-refractivity contribution in [3.05, 3.63) is 34.7 Å². The van der Waals surface area contributed by atoms with Crippen LogP contribution in [0.1, 0.15) is 11.3 Å². The van der Waals surface area contributed by atoms with Gasteiger partial charge in [-0.05, 0) is 18.6 Å². The number of fused-ring (bicyclic) bond motifs is 1. The summed E-state index contributed by atoms with van der Waals surface area (Å²) in [6, 6.07) is 2.14. The van der Waals surface area contributed by atoms with Crippen LogP contribution in [-0.4, -0.2) is 4.98 Å². The molecule has 0 saturated carbocycles. The second-order valence-corrected chi connectivity index (χ2v) is 3.35. The number of nitrogens with zero attached hydrogens (tertiary/aromatic N) is 1. The number of rotatable bonds is 0. The van der Waals surface area contributed by atoms with Gasteiger partial charge in [-0.2, -0.15) is 0 Å². The van der Waals surface area contributed by atoms with E-state index in [0.717, 1.165) is 5.69 Å². The summed E-state index contributed by atoms with van der Waals surface area (Å²) in [5.41, 5.74) is 5.25. The Morgan fingerprint density at radius 2 is 2.45 bits per heavy atom. The van der Waals surface area contributed by atoms with Crippen molar-refractivity contribution in [3.63, 3.8) is 0 Å². The first-order valence-electron chi connectivity index (χ1n) is 3.40. The first-order chi connectivity index (χ1) is 5.36. The van der Waals surface area contributed by atoms with Crippen LogP contribution in [0, 0.1) is 6.92 Å². The van der Waals surface area contributed by atoms with Gasteiger partial charge in [-0.15, -0.1) is 5.73 Å². The highest BCUT2D eigenvalue weighted by atomic mass is 32.2. The van der Waals surface area contributed by atoms with Crippen LogP contribution in [0.4, 0.5) is 0 Å². The van der Waals surface area contributed by atoms with Gasteiger partial charge in [0.1, 0.15) is 0 Å². The Balaban J connectivity index is 2.60. The van der Waals surface area contributed by atoms with E-state index in [-0.39, 0.29) is 0 Å². The summed E-state index contributed by atoms with van der Waals surface area (Å²) >= 11 is 1.67. The molecule has 0 amide bonds. The number of thioether (sulfide) groups is 1. The molecule has 1 nitrogen and oxygen atoms in total. The zero-order valence-corrected chi connectivity index (χ0v) is 6.98. The monoisotopic (exact) mass is 161 g/mol. The summed E-state index contributed by atoms with van der Waals surface area (Å²) in [4.78, 5) is 5.49. The van der Waals surface area contributed by atoms with E-state index in [9.17, 15) is 0 Å². The van der Waals surface area contributed by atoms with E-state index in [1.807, 2.05) is 17.7 Å². The van der Waals surface area contributed by atoms with Gasteiger partial charge in [0.2, 0.25) is 0 Å². The van der Waals surface area contributed by atoms with E-state index in [4.69, 9.17) is 0 Å². The molecule has 0 N–H and O–H groups in total. The number of hydrogen-bond acceptors (Lipinski definition) is 2. The van der Waals surface area contributed by atoms with Gasteiger partial charge in [0, 0.05) is 22.6 Å². The average molecular weight is 161 g/mol. The first-order valence-corrected chi connectivity index (χ1v) is 4.28. The third-order valence-electron chi connectivity index (χ3n) is 1.49. The lowest BCUT2D eigenvalue weighted by Gasteiger charge is -2.03. The zero-order valence-electron chi connectivity index (χ0n) is 6.16. The molecule has 0 aromatic carbocycles. The molecule has 0 unspecified atom stereocenters. The largest absolute Gasteiger partial charge is 0.255 e. The zero-order chi connectivity index (χ0) is 7.68. The van der Waals surface area contributed by atoms with Crippen molar-refractivity contribution in [2.45, 2.75) is 11.8 Å². The van der Waals surface area contributed by atoms with Crippen LogP contribution in [0.3, 0.4) is 0 Å². The molecule has 2 rings (SSSR count). The fraction of sp³-hybridized carbons (Fsp3) is 0.111. The molecule has 2 heteroatoms. The fourth-order valence-electron chi connectivity index (χ4n) is 0.966. The van der Waals surface area contributed by atoms with Crippen LogP contribution >= 0.6 is 11.8 Å². The van der Waals surface area contributed by atoms with Crippen molar-refractivity contribution in [2.75, 3.05) is 0 Å². The molecule has 0 atom stereocenters. The first kappa shape index (κ1) is 6.71. The van der Waals surface area contributed by atoms with E-state index in [1.54, 1.807) is 11.8 Å². The lowest BCUT2D eigenvalue weighted by Crippen LogP contribution is -1.87. The second-order valence-electron chi connectivity index (χ2n) is 2.44. The fourth-order valence-corrected chi connectivity index (χ4v) is 1.72. The third-order valence-corrected chi connectivity index (χ3v) is 2.33. The minimum Gasteiger partial charge on any atom is -0.255 e. The van der Waals surface area contributed by atoms with Gasteiger partial charge < -0.3 is 0 Å². The van der Waals surface area contributed by atoms with Gasteiger partial charge in [0.05, 0.1) is 5.69 Å². The lowest BCUT2D eigenvalue weighted by atomic mass is 10.2. The molecule has 1 aromatic rings. The smallest absolute Gasteiger partial charge is 0.0846 e. The number of pyridine rings is 1. The van der Waals surface area contributed by atoms with Crippen molar-refractivity contribution in [2.24, 2.45) is 0 Å². The Bertz CT molecular complexity index is 349. The van der Waals surface area contributed by atoms with Crippen molar-refractivity contribution in [1.29, 1.82) is 0 Å². The molecule has 0 saturated heterocycles. The molecule has 0 radical (unpaired) electrons. The van der Waals surface area contributed by atoms with E-state index in [2.05, 4.69) is 23.7 Å². The van der Waals surface area contributed by atoms with Gasteiger partial charge in [0.25, 0.3) is 0 Å². The standard InChI is InChI=1S/C9H7NS/c1-7-5-9-8(10-6-7)3-2-4-11-9/h3-6H,1H3. The minimum atomic E-state index is 1.03. The van der Waals surface area contributed by atoms with Crippen LogP contribution in [0.15, 0.2) is 28.3 Å². The molecule has 54 valence electrons. The molecule has 2 heterocycles. The molecule has 1 aliphatic rings. The van der Waals surface area contributed by atoms with Crippen molar-refractivity contribution in [1.82, 2.24) is 4.98 Å². The number of aryl methyl sites for hydroxylation is 1. The molecule has 1 aliphatic heterocycles. The van der Waals surface area contributed by atoms with Crippen molar-refractivity contribution in [3.8, 4) is 0 Å². The Labute approximate surface area is 69.8 Å². The highest BCUT2D eigenvalue weighted by molar-refractivity contribution is 8.02. The van der Waals surface area contributed by atoms with Gasteiger partial charge in [-0.1, -0.05) is 11.8 Å². The highest BCUT2D eigenvalue weighted by Gasteiger charge is 2.02. The Morgan fingerprint density at radius 1 is 1.55 bits per heavy atom. The normalized spacial score (nSPS) is 13.2. The molecular weight excluding hydrogens is 154 g/mol. The summed E-state index contributed by atoms with van der Waals surface area (Å²) in [6.45, 7) is 2.05. The van der Waals surface area contributed by atoms with Crippen LogP contribution < -0.4 is 0 Å². The predicted octanol–water partition coefficient (Wildman–Crippen LogP) is 2.62. The average Bonchev–Trinajstić information content (AvgIpc) is 2.04. The van der Waals surface area contributed by atoms with Crippen molar-refractivity contribution < 1.29 is 0 Å². The summed E-state index contributed by atoms with van der Waals surface area (Å²) in [6.07, 6.45) is 3.79. The van der Waals surface area contributed by atoms with Gasteiger partial charge in [-0.3, -0.25) is 4.98 Å². The molecule has 0 aliphatic carbocycles. The maximum atomic E-state index is 4.26. The summed E-state index contributed by atoms with van der Waals surface area (Å²) in [7, 11) is 0. The molecule has 1 aromatic heterocycles. The van der Waals surface area contributed by atoms with E-state index < -0.39 is 0 Å². The van der Waals surface area contributed by atoms with Gasteiger partial charge in [-0.25, -0.2) is 0 Å². The number of hydrogen-bond donors (Lipinski definition) is 0. The third kappa shape index (κ3) is 1.23. The van der Waals surface area contributed by atoms with Gasteiger partial charge >= 0.3 is 0 Å². The Kier molecular flexibility index (Phi) is 1.57. The van der Waals surface area contributed by atoms with Gasteiger partial charge in [0.15, 0.2) is 0 Å². The van der Waals surface area contributed by atoms with Crippen LogP contribution in [0.25, 0.3) is 6.08 Å². The summed E-state index contributed by atoms with van der Waals surface area (Å²) < 4.78 is 0. The molecule has 0 spiro atoms. The van der Waals surface area contributed by atoms with Crippen LogP contribution in [-0.2, 0) is 0 Å². The lowest BCUT2D eigenvalue weighted by molar-refractivity contribution is 1.16. The van der Waals surface area contributed by atoms with Crippen LogP contribution in [0.2, 0.25) is 0 Å². The van der Waals surface area contributed by atoms with E-state index in [1.165, 1.54) is 10.5 Å². The number of aromatic nitrogens is 1. The highest BCUT2D eigenvalue weighted by Crippen LogP contribution is 2.26. The Morgan fingerprint density at radius 3 is 3.36 bits per heavy atom. The van der Waals surface area contributed by atoms with Crippen LogP contribution in [0.5, 0.6) is 0 Å². The Hall–Kier alpha value is -0.980. The topological polar surface area (TPSA) is 12.9 Å². The molecule has 11 heavy (non-hydrogen) atoms. The molecular formula is C9H7NS. The van der Waals surface area contributed by atoms with E-state index >= 15 is 0 Å². The van der Waals surface area contributed by atoms with E-state index in [0.29, 0.717) is 0 Å².